The molecule has 0 atom stereocenters. The van der Waals surface area contributed by atoms with Gasteiger partial charge in [0.15, 0.2) is 0 Å². The van der Waals surface area contributed by atoms with E-state index in [1.807, 2.05) is 194 Å². The highest BCUT2D eigenvalue weighted by atomic mass is 16.7. The van der Waals surface area contributed by atoms with E-state index in [0.717, 1.165) is 45.3 Å². The van der Waals surface area contributed by atoms with E-state index < -0.39 is 18.1 Å². The van der Waals surface area contributed by atoms with Crippen molar-refractivity contribution in [1.29, 1.82) is 0 Å². The summed E-state index contributed by atoms with van der Waals surface area (Å²) in [7, 11) is 6.43. The fraction of sp³-hybridized carbons (Fsp3) is 0.101. The van der Waals surface area contributed by atoms with Crippen LogP contribution in [-0.2, 0) is 9.47 Å². The molecule has 0 saturated carbocycles. The van der Waals surface area contributed by atoms with Gasteiger partial charge in [-0.25, -0.2) is 14.4 Å². The predicted octanol–water partition coefficient (Wildman–Crippen LogP) is 15.9. The molecule has 0 aliphatic carbocycles. The second-order valence-corrected chi connectivity index (χ2v) is 19.9. The summed E-state index contributed by atoms with van der Waals surface area (Å²) < 4.78 is 45.6. The third-order valence-corrected chi connectivity index (χ3v) is 14.1. The molecule has 0 radical (unpaired) electrons. The first kappa shape index (κ1) is 61.0. The quantitative estimate of drug-likeness (QED) is 0.0587. The van der Waals surface area contributed by atoms with Crippen LogP contribution in [0.1, 0.15) is 79.1 Å². The Hall–Kier alpha value is -12.2. The van der Waals surface area contributed by atoms with Crippen LogP contribution in [0.15, 0.2) is 218 Å². The molecule has 440 valence electrons. The van der Waals surface area contributed by atoms with Gasteiger partial charge >= 0.3 is 18.1 Å². The number of esters is 2. The van der Waals surface area contributed by atoms with Crippen molar-refractivity contribution < 1.29 is 52.3 Å². The minimum Gasteiger partial charge on any atom is -0.497 e. The molecule has 0 amide bonds. The Bertz CT molecular complexity index is 3930. The maximum absolute atomic E-state index is 15.3. The molecule has 11 nitrogen and oxygen atoms in total. The van der Waals surface area contributed by atoms with E-state index in [9.17, 15) is 9.59 Å². The summed E-state index contributed by atoms with van der Waals surface area (Å²) in [5.41, 5.74) is 10.1. The smallest absolute Gasteiger partial charge is 0.497 e. The standard InChI is InChI=1S/C79H58O11/c1-7-87-77(80)65-49-71(61-33-17-53(18-34-61)9-13-57-25-41-67(83-3)42-26-57)75(72(50-65)62-35-19-54(20-36-62)10-14-58-27-43-68(84-4)44-28-58)89-79(82)90-76-73(63-37-21-55(22-38-63)11-15-59-29-45-69(85-5)46-30-59)51-66(78(81)88-8-2)52-74(76)64-39-23-56(24-40-64)12-16-60-31-47-70(86-6)48-32-60/h17-52H,7-8H2,1-6H3. The lowest BCUT2D eigenvalue weighted by molar-refractivity contribution is 0.0517. The molecule has 10 aromatic rings. The van der Waals surface area contributed by atoms with E-state index >= 15 is 4.79 Å². The lowest BCUT2D eigenvalue weighted by Crippen LogP contribution is -2.17. The second-order valence-electron chi connectivity index (χ2n) is 19.9. The van der Waals surface area contributed by atoms with Crippen molar-refractivity contribution in [3.8, 4) is 126 Å². The Balaban J connectivity index is 1.10. The van der Waals surface area contributed by atoms with Gasteiger partial charge in [-0.15, -0.1) is 0 Å². The maximum atomic E-state index is 15.3. The van der Waals surface area contributed by atoms with E-state index in [2.05, 4.69) is 47.4 Å². The van der Waals surface area contributed by atoms with Crippen LogP contribution in [0.5, 0.6) is 34.5 Å². The Kier molecular flexibility index (Phi) is 19.8. The minimum absolute atomic E-state index is 0.0630. The third-order valence-electron chi connectivity index (χ3n) is 14.1. The van der Waals surface area contributed by atoms with E-state index in [-0.39, 0.29) is 35.8 Å². The summed E-state index contributed by atoms with van der Waals surface area (Å²) in [4.78, 5) is 43.1. The molecule has 0 aliphatic heterocycles. The summed E-state index contributed by atoms with van der Waals surface area (Å²) in [6, 6.07) is 65.7. The summed E-state index contributed by atoms with van der Waals surface area (Å²) in [5, 5.41) is 0. The van der Waals surface area contributed by atoms with Crippen LogP contribution < -0.4 is 28.4 Å². The van der Waals surface area contributed by atoms with Gasteiger partial charge in [0, 0.05) is 66.8 Å². The molecular formula is C79H58O11. The topological polar surface area (TPSA) is 125 Å². The largest absolute Gasteiger partial charge is 0.519 e. The van der Waals surface area contributed by atoms with E-state index in [0.29, 0.717) is 66.8 Å². The van der Waals surface area contributed by atoms with Gasteiger partial charge < -0.3 is 37.9 Å². The average Bonchev–Trinajstić information content (AvgIpc) is 1.05. The molecule has 0 fully saturated rings. The maximum Gasteiger partial charge on any atom is 0.519 e. The molecule has 0 spiro atoms. The van der Waals surface area contributed by atoms with Gasteiger partial charge in [-0.2, -0.15) is 0 Å². The van der Waals surface area contributed by atoms with Crippen molar-refractivity contribution in [2.24, 2.45) is 0 Å². The minimum atomic E-state index is -1.14. The van der Waals surface area contributed by atoms with Gasteiger partial charge in [0.25, 0.3) is 0 Å². The van der Waals surface area contributed by atoms with Crippen LogP contribution >= 0.6 is 0 Å². The van der Waals surface area contributed by atoms with Gasteiger partial charge in [0.1, 0.15) is 34.5 Å². The molecule has 0 bridgehead atoms. The number of benzene rings is 10. The first-order valence-electron chi connectivity index (χ1n) is 28.7. The molecule has 0 aliphatic rings. The van der Waals surface area contributed by atoms with Crippen molar-refractivity contribution in [1.82, 2.24) is 0 Å². The normalized spacial score (nSPS) is 10.2. The molecule has 0 saturated heterocycles. The van der Waals surface area contributed by atoms with Crippen molar-refractivity contribution in [2.75, 3.05) is 41.7 Å². The van der Waals surface area contributed by atoms with Crippen LogP contribution in [0.2, 0.25) is 0 Å². The van der Waals surface area contributed by atoms with E-state index in [1.54, 1.807) is 66.6 Å². The van der Waals surface area contributed by atoms with Gasteiger partial charge in [-0.3, -0.25) is 0 Å². The molecule has 0 unspecified atom stereocenters. The van der Waals surface area contributed by atoms with Crippen LogP contribution in [0, 0.1) is 47.4 Å². The molecule has 10 rings (SSSR count). The van der Waals surface area contributed by atoms with Crippen LogP contribution in [0.25, 0.3) is 44.5 Å². The number of methoxy groups -OCH3 is 4. The molecule has 10 aromatic carbocycles. The highest BCUT2D eigenvalue weighted by Gasteiger charge is 2.26. The van der Waals surface area contributed by atoms with Crippen molar-refractivity contribution in [2.45, 2.75) is 13.8 Å². The highest BCUT2D eigenvalue weighted by Crippen LogP contribution is 2.44. The van der Waals surface area contributed by atoms with Gasteiger partial charge in [-0.1, -0.05) is 95.9 Å². The molecule has 0 heterocycles. The van der Waals surface area contributed by atoms with Crippen molar-refractivity contribution >= 4 is 18.1 Å². The summed E-state index contributed by atoms with van der Waals surface area (Å²) in [5.74, 6) is 27.5. The van der Waals surface area contributed by atoms with Gasteiger partial charge in [0.05, 0.1) is 52.8 Å². The molecule has 0 aromatic heterocycles. The second kappa shape index (κ2) is 29.3. The third kappa shape index (κ3) is 15.4. The fourth-order valence-corrected chi connectivity index (χ4v) is 9.39. The van der Waals surface area contributed by atoms with Crippen molar-refractivity contribution in [3.05, 3.63) is 274 Å². The van der Waals surface area contributed by atoms with Gasteiger partial charge in [0.2, 0.25) is 0 Å². The van der Waals surface area contributed by atoms with E-state index in [4.69, 9.17) is 37.9 Å². The number of ether oxygens (including phenoxy) is 8. The van der Waals surface area contributed by atoms with Crippen LogP contribution in [0.4, 0.5) is 4.79 Å². The predicted molar refractivity (Wildman–Crippen MR) is 349 cm³/mol. The molecular weight excluding hydrogens is 1120 g/mol. The zero-order valence-corrected chi connectivity index (χ0v) is 50.2. The van der Waals surface area contributed by atoms with Crippen LogP contribution in [0.3, 0.4) is 0 Å². The van der Waals surface area contributed by atoms with E-state index in [1.165, 1.54) is 0 Å². The molecule has 11 heteroatoms. The van der Waals surface area contributed by atoms with Crippen molar-refractivity contribution in [3.63, 3.8) is 0 Å². The summed E-state index contributed by atoms with van der Waals surface area (Å²) in [6.07, 6.45) is -1.14. The number of hydrogen-bond donors (Lipinski definition) is 0. The summed E-state index contributed by atoms with van der Waals surface area (Å²) >= 11 is 0. The first-order chi connectivity index (χ1) is 44.0. The Morgan fingerprint density at radius 2 is 0.478 bits per heavy atom. The number of carbonyl (C=O) groups is 3. The lowest BCUT2D eigenvalue weighted by Gasteiger charge is -2.20. The number of rotatable bonds is 14. The highest BCUT2D eigenvalue weighted by molar-refractivity contribution is 5.99. The number of carbonyl (C=O) groups excluding carboxylic acids is 3. The molecule has 90 heavy (non-hydrogen) atoms. The molecule has 0 N–H and O–H groups in total. The van der Waals surface area contributed by atoms with Crippen LogP contribution in [-0.4, -0.2) is 59.7 Å². The van der Waals surface area contributed by atoms with Gasteiger partial charge in [-0.05, 0) is 206 Å². The fourth-order valence-electron chi connectivity index (χ4n) is 9.39. The monoisotopic (exact) mass is 1180 g/mol. The zero-order valence-electron chi connectivity index (χ0n) is 50.2. The Morgan fingerprint density at radius 1 is 0.289 bits per heavy atom. The lowest BCUT2D eigenvalue weighted by atomic mass is 9.93. The SMILES string of the molecule is CCOC(=O)c1cc(-c2ccc(C#Cc3ccc(OC)cc3)cc2)c(OC(=O)Oc2c(-c3ccc(C#Cc4ccc(OC)cc4)cc3)cc(C(=O)OCC)cc2-c2ccc(C#Cc3ccc(OC)cc3)cc2)c(-c2ccc(C#Cc3ccc(OC)cc3)cc2)c1. The summed E-state index contributed by atoms with van der Waals surface area (Å²) in [6.45, 7) is 3.67. The Labute approximate surface area is 523 Å². The average molecular weight is 1180 g/mol. The number of hydrogen-bond acceptors (Lipinski definition) is 11. The zero-order chi connectivity index (χ0) is 62.8. The first-order valence-corrected chi connectivity index (χ1v) is 28.7. The Morgan fingerprint density at radius 3 is 0.656 bits per heavy atom.